The molecule has 20 heavy (non-hydrogen) atoms. The highest BCUT2D eigenvalue weighted by Crippen LogP contribution is 2.12. The van der Waals surface area contributed by atoms with Gasteiger partial charge in [-0.15, -0.1) is 0 Å². The Bertz CT molecular complexity index is 656. The van der Waals surface area contributed by atoms with Crippen LogP contribution in [0.15, 0.2) is 30.6 Å². The highest BCUT2D eigenvalue weighted by Gasteiger charge is 2.23. The average Bonchev–Trinajstić information content (AvgIpc) is 2.89. The van der Waals surface area contributed by atoms with Gasteiger partial charge in [-0.25, -0.2) is 4.98 Å². The van der Waals surface area contributed by atoms with Crippen LogP contribution in [0.5, 0.6) is 0 Å². The highest BCUT2D eigenvalue weighted by atomic mass is 32.2. The number of hydrogen-bond donors (Lipinski definition) is 1. The Morgan fingerprint density at radius 3 is 2.75 bits per heavy atom. The minimum Gasteiger partial charge on any atom is -0.307 e. The van der Waals surface area contributed by atoms with E-state index in [2.05, 4.69) is 9.71 Å². The first-order valence-electron chi connectivity index (χ1n) is 6.82. The number of aromatic nitrogens is 2. The van der Waals surface area contributed by atoms with E-state index in [1.807, 2.05) is 35.0 Å². The Hall–Kier alpha value is -1.44. The quantitative estimate of drug-likeness (QED) is 0.920. The second kappa shape index (κ2) is 5.51. The fraction of sp³-hybridized carbons (Fsp3) is 0.462. The topological polar surface area (TPSA) is 66.7 Å². The lowest BCUT2D eigenvalue weighted by Crippen LogP contribution is -2.43. The molecule has 1 aliphatic rings. The molecule has 2 aromatic heterocycles. The number of piperidine rings is 1. The zero-order valence-corrected chi connectivity index (χ0v) is 12.0. The van der Waals surface area contributed by atoms with Gasteiger partial charge in [0.2, 0.25) is 0 Å². The molecule has 0 atom stereocenters. The van der Waals surface area contributed by atoms with E-state index in [4.69, 9.17) is 0 Å². The summed E-state index contributed by atoms with van der Waals surface area (Å²) in [5, 5.41) is 0. The zero-order valence-electron chi connectivity index (χ0n) is 11.2. The number of fused-ring (bicyclic) bond motifs is 1. The van der Waals surface area contributed by atoms with Crippen LogP contribution in [0, 0.1) is 0 Å². The van der Waals surface area contributed by atoms with Crippen molar-refractivity contribution < 1.29 is 8.42 Å². The molecule has 2 aromatic rings. The van der Waals surface area contributed by atoms with Crippen LogP contribution in [-0.4, -0.2) is 35.2 Å². The summed E-state index contributed by atoms with van der Waals surface area (Å²) in [7, 11) is -3.38. The van der Waals surface area contributed by atoms with Gasteiger partial charge >= 0.3 is 0 Å². The van der Waals surface area contributed by atoms with E-state index >= 15 is 0 Å². The van der Waals surface area contributed by atoms with Crippen LogP contribution in [0.2, 0.25) is 0 Å². The molecule has 0 unspecified atom stereocenters. The lowest BCUT2D eigenvalue weighted by molar-refractivity contribution is 0.341. The predicted molar refractivity (Wildman–Crippen MR) is 76.4 cm³/mol. The maximum absolute atomic E-state index is 12.2. The van der Waals surface area contributed by atoms with Crippen molar-refractivity contribution in [2.75, 3.05) is 13.1 Å². The van der Waals surface area contributed by atoms with E-state index in [-0.39, 0.29) is 6.54 Å². The van der Waals surface area contributed by atoms with E-state index in [9.17, 15) is 8.42 Å². The van der Waals surface area contributed by atoms with Crippen LogP contribution in [0.3, 0.4) is 0 Å². The molecule has 0 aliphatic carbocycles. The maximum atomic E-state index is 12.2. The summed E-state index contributed by atoms with van der Waals surface area (Å²) in [6, 6.07) is 5.71. The molecule has 3 heterocycles. The van der Waals surface area contributed by atoms with Crippen molar-refractivity contribution >= 4 is 15.9 Å². The summed E-state index contributed by atoms with van der Waals surface area (Å²) in [5.74, 6) is 0. The molecule has 0 spiro atoms. The van der Waals surface area contributed by atoms with Gasteiger partial charge in [0, 0.05) is 25.5 Å². The van der Waals surface area contributed by atoms with E-state index in [0.29, 0.717) is 13.1 Å². The average molecular weight is 294 g/mol. The van der Waals surface area contributed by atoms with E-state index in [0.717, 1.165) is 30.6 Å². The largest absolute Gasteiger partial charge is 0.307 e. The Morgan fingerprint density at radius 1 is 1.20 bits per heavy atom. The lowest BCUT2D eigenvalue weighted by atomic mass is 10.2. The monoisotopic (exact) mass is 294 g/mol. The molecule has 108 valence electrons. The first kappa shape index (κ1) is 13.5. The van der Waals surface area contributed by atoms with Gasteiger partial charge in [0.05, 0.1) is 12.2 Å². The third kappa shape index (κ3) is 2.84. The fourth-order valence-electron chi connectivity index (χ4n) is 2.43. The van der Waals surface area contributed by atoms with Crippen molar-refractivity contribution in [3.05, 3.63) is 36.3 Å². The van der Waals surface area contributed by atoms with E-state index in [1.54, 1.807) is 0 Å². The number of hydrogen-bond acceptors (Lipinski definition) is 3. The second-order valence-corrected chi connectivity index (χ2v) is 6.74. The van der Waals surface area contributed by atoms with Gasteiger partial charge in [-0.1, -0.05) is 12.5 Å². The summed E-state index contributed by atoms with van der Waals surface area (Å²) in [5.41, 5.74) is 1.54. The molecule has 0 saturated carbocycles. The molecule has 1 N–H and O–H groups in total. The molecule has 1 saturated heterocycles. The Kier molecular flexibility index (Phi) is 3.73. The molecule has 0 bridgehead atoms. The van der Waals surface area contributed by atoms with Crippen LogP contribution in [0.1, 0.15) is 25.0 Å². The van der Waals surface area contributed by atoms with Crippen molar-refractivity contribution in [2.24, 2.45) is 0 Å². The Balaban J connectivity index is 1.68. The third-order valence-electron chi connectivity index (χ3n) is 3.50. The number of nitrogens with one attached hydrogen (secondary N) is 1. The van der Waals surface area contributed by atoms with Crippen LogP contribution in [0.4, 0.5) is 0 Å². The van der Waals surface area contributed by atoms with Gasteiger partial charge < -0.3 is 4.40 Å². The first-order chi connectivity index (χ1) is 9.65. The molecule has 0 aromatic carbocycles. The van der Waals surface area contributed by atoms with Crippen molar-refractivity contribution in [1.29, 1.82) is 0 Å². The third-order valence-corrected chi connectivity index (χ3v) is 5.06. The van der Waals surface area contributed by atoms with Gasteiger partial charge in [0.25, 0.3) is 10.2 Å². The molecule has 1 fully saturated rings. The maximum Gasteiger partial charge on any atom is 0.279 e. The standard InChI is InChI=1S/C13H18N4O2S/c18-20(19,17-8-3-1-4-9-17)14-10-12-11-16-7-5-2-6-13(16)15-12/h2,5-7,11,14H,1,3-4,8-10H2. The fourth-order valence-corrected chi connectivity index (χ4v) is 3.69. The molecular formula is C13H18N4O2S. The second-order valence-electron chi connectivity index (χ2n) is 4.98. The van der Waals surface area contributed by atoms with Gasteiger partial charge in [-0.05, 0) is 25.0 Å². The molecule has 7 heteroatoms. The van der Waals surface area contributed by atoms with Gasteiger partial charge in [0.1, 0.15) is 5.65 Å². The summed E-state index contributed by atoms with van der Waals surface area (Å²) >= 11 is 0. The van der Waals surface area contributed by atoms with E-state index in [1.165, 1.54) is 4.31 Å². The molecule has 6 nitrogen and oxygen atoms in total. The summed E-state index contributed by atoms with van der Waals surface area (Å²) in [6.07, 6.45) is 6.72. The lowest BCUT2D eigenvalue weighted by Gasteiger charge is -2.25. The molecule has 0 radical (unpaired) electrons. The molecule has 1 aliphatic heterocycles. The summed E-state index contributed by atoms with van der Waals surface area (Å²) in [4.78, 5) is 4.38. The minimum absolute atomic E-state index is 0.223. The first-order valence-corrected chi connectivity index (χ1v) is 8.26. The SMILES string of the molecule is O=S(=O)(NCc1cn2ccccc2n1)N1CCCCC1. The van der Waals surface area contributed by atoms with Crippen LogP contribution in [0.25, 0.3) is 5.65 Å². The van der Waals surface area contributed by atoms with E-state index < -0.39 is 10.2 Å². The number of nitrogens with zero attached hydrogens (tertiary/aromatic N) is 3. The number of imidazole rings is 1. The summed E-state index contributed by atoms with van der Waals surface area (Å²) < 4.78 is 30.3. The van der Waals surface area contributed by atoms with Crippen molar-refractivity contribution in [3.63, 3.8) is 0 Å². The van der Waals surface area contributed by atoms with Crippen molar-refractivity contribution in [2.45, 2.75) is 25.8 Å². The smallest absolute Gasteiger partial charge is 0.279 e. The van der Waals surface area contributed by atoms with Crippen LogP contribution in [-0.2, 0) is 16.8 Å². The minimum atomic E-state index is -3.38. The van der Waals surface area contributed by atoms with Crippen LogP contribution < -0.4 is 4.72 Å². The molecule has 3 rings (SSSR count). The Labute approximate surface area is 118 Å². The highest BCUT2D eigenvalue weighted by molar-refractivity contribution is 7.87. The van der Waals surface area contributed by atoms with Crippen molar-refractivity contribution in [3.8, 4) is 0 Å². The predicted octanol–water partition coefficient (Wildman–Crippen LogP) is 1.15. The molecular weight excluding hydrogens is 276 g/mol. The molecule has 0 amide bonds. The normalized spacial score (nSPS) is 17.6. The van der Waals surface area contributed by atoms with Crippen molar-refractivity contribution in [1.82, 2.24) is 18.4 Å². The zero-order chi connectivity index (χ0) is 14.0. The van der Waals surface area contributed by atoms with Gasteiger partial charge in [-0.3, -0.25) is 0 Å². The summed E-state index contributed by atoms with van der Waals surface area (Å²) in [6.45, 7) is 1.45. The number of rotatable bonds is 4. The van der Waals surface area contributed by atoms with Gasteiger partial charge in [0.15, 0.2) is 0 Å². The number of pyridine rings is 1. The van der Waals surface area contributed by atoms with Crippen LogP contribution >= 0.6 is 0 Å². The van der Waals surface area contributed by atoms with Gasteiger partial charge in [-0.2, -0.15) is 17.4 Å². The Morgan fingerprint density at radius 2 is 2.00 bits per heavy atom.